The molecule has 0 saturated heterocycles. The molecule has 1 rings (SSSR count). The molecule has 0 heterocycles. The van der Waals surface area contributed by atoms with Crippen LogP contribution in [-0.2, 0) is 6.42 Å². The summed E-state index contributed by atoms with van der Waals surface area (Å²) in [6, 6.07) is 2.02. The highest BCUT2D eigenvalue weighted by molar-refractivity contribution is 6.32. The summed E-state index contributed by atoms with van der Waals surface area (Å²) in [5.41, 5.74) is 3.45. The van der Waals surface area contributed by atoms with Gasteiger partial charge in [0.1, 0.15) is 5.75 Å². The number of ether oxygens (including phenoxy) is 1. The zero-order valence-corrected chi connectivity index (χ0v) is 11.2. The third-order valence-electron chi connectivity index (χ3n) is 2.85. The molecule has 3 heteroatoms. The molecule has 90 valence electrons. The molecule has 0 spiro atoms. The van der Waals surface area contributed by atoms with Gasteiger partial charge in [0.15, 0.2) is 0 Å². The van der Waals surface area contributed by atoms with E-state index in [2.05, 4.69) is 12.2 Å². The maximum Gasteiger partial charge on any atom is 0.122 e. The number of hydrogen-bond donors (Lipinski definition) is 1. The fourth-order valence-corrected chi connectivity index (χ4v) is 2.06. The van der Waals surface area contributed by atoms with Crippen LogP contribution in [0.3, 0.4) is 0 Å². The Kier molecular flexibility index (Phi) is 5.10. The Morgan fingerprint density at radius 3 is 2.62 bits per heavy atom. The van der Waals surface area contributed by atoms with Crippen molar-refractivity contribution in [1.82, 2.24) is 5.32 Å². The first-order valence-electron chi connectivity index (χ1n) is 5.59. The summed E-state index contributed by atoms with van der Waals surface area (Å²) >= 11 is 6.25. The van der Waals surface area contributed by atoms with E-state index in [1.165, 1.54) is 5.56 Å². The van der Waals surface area contributed by atoms with Crippen LogP contribution in [0.5, 0.6) is 5.75 Å². The lowest BCUT2D eigenvalue weighted by Crippen LogP contribution is -2.09. The first kappa shape index (κ1) is 13.3. The number of benzene rings is 1. The smallest absolute Gasteiger partial charge is 0.122 e. The highest BCUT2D eigenvalue weighted by Gasteiger charge is 2.11. The zero-order valence-electron chi connectivity index (χ0n) is 10.5. The van der Waals surface area contributed by atoms with Gasteiger partial charge in [-0.3, -0.25) is 0 Å². The molecular formula is C13H20ClNO. The van der Waals surface area contributed by atoms with Crippen molar-refractivity contribution in [2.24, 2.45) is 0 Å². The van der Waals surface area contributed by atoms with E-state index in [1.54, 1.807) is 7.11 Å². The first-order chi connectivity index (χ1) is 7.61. The van der Waals surface area contributed by atoms with E-state index in [0.717, 1.165) is 41.3 Å². The maximum absolute atomic E-state index is 6.25. The second-order valence-corrected chi connectivity index (χ2v) is 4.40. The molecule has 16 heavy (non-hydrogen) atoms. The minimum absolute atomic E-state index is 0.861. The fourth-order valence-electron chi connectivity index (χ4n) is 1.89. The topological polar surface area (TPSA) is 21.3 Å². The van der Waals surface area contributed by atoms with Crippen molar-refractivity contribution in [3.63, 3.8) is 0 Å². The summed E-state index contributed by atoms with van der Waals surface area (Å²) in [7, 11) is 3.68. The highest BCUT2D eigenvalue weighted by atomic mass is 35.5. The van der Waals surface area contributed by atoms with E-state index in [-0.39, 0.29) is 0 Å². The van der Waals surface area contributed by atoms with E-state index >= 15 is 0 Å². The van der Waals surface area contributed by atoms with Crippen LogP contribution in [0, 0.1) is 13.8 Å². The molecule has 0 amide bonds. The molecular weight excluding hydrogens is 222 g/mol. The standard InChI is InChI=1S/C13H20ClNO/c1-9-8-12(16-4)11(6-5-7-15-3)10(2)13(9)14/h8,15H,5-7H2,1-4H3. The minimum atomic E-state index is 0.861. The first-order valence-corrected chi connectivity index (χ1v) is 5.96. The van der Waals surface area contributed by atoms with E-state index in [9.17, 15) is 0 Å². The van der Waals surface area contributed by atoms with Gasteiger partial charge in [0.2, 0.25) is 0 Å². The lowest BCUT2D eigenvalue weighted by molar-refractivity contribution is 0.408. The van der Waals surface area contributed by atoms with Crippen molar-refractivity contribution in [2.45, 2.75) is 26.7 Å². The molecule has 0 bridgehead atoms. The van der Waals surface area contributed by atoms with Crippen LogP contribution < -0.4 is 10.1 Å². The summed E-state index contributed by atoms with van der Waals surface area (Å²) < 4.78 is 5.41. The van der Waals surface area contributed by atoms with Gasteiger partial charge >= 0.3 is 0 Å². The Labute approximate surface area is 103 Å². The average molecular weight is 242 g/mol. The molecule has 2 nitrogen and oxygen atoms in total. The molecule has 1 aromatic carbocycles. The molecule has 0 fully saturated rings. The van der Waals surface area contributed by atoms with Gasteiger partial charge in [0.25, 0.3) is 0 Å². The quantitative estimate of drug-likeness (QED) is 0.800. The summed E-state index contributed by atoms with van der Waals surface area (Å²) in [4.78, 5) is 0. The van der Waals surface area contributed by atoms with Crippen molar-refractivity contribution >= 4 is 11.6 Å². The maximum atomic E-state index is 6.25. The Morgan fingerprint density at radius 2 is 2.06 bits per heavy atom. The summed E-state index contributed by atoms with van der Waals surface area (Å²) in [5, 5.41) is 4.01. The predicted octanol–water partition coefficient (Wildman–Crippen LogP) is 3.12. The number of aryl methyl sites for hydroxylation is 1. The largest absolute Gasteiger partial charge is 0.496 e. The monoisotopic (exact) mass is 241 g/mol. The van der Waals surface area contributed by atoms with Crippen LogP contribution in [0.25, 0.3) is 0 Å². The third kappa shape index (κ3) is 2.89. The average Bonchev–Trinajstić information content (AvgIpc) is 2.29. The van der Waals surface area contributed by atoms with Crippen LogP contribution in [-0.4, -0.2) is 20.7 Å². The molecule has 0 radical (unpaired) electrons. The van der Waals surface area contributed by atoms with Crippen molar-refractivity contribution in [3.05, 3.63) is 27.8 Å². The van der Waals surface area contributed by atoms with Crippen molar-refractivity contribution in [3.8, 4) is 5.75 Å². The second kappa shape index (κ2) is 6.12. The fraction of sp³-hybridized carbons (Fsp3) is 0.538. The predicted molar refractivity (Wildman–Crippen MR) is 69.7 cm³/mol. The number of rotatable bonds is 5. The van der Waals surface area contributed by atoms with E-state index in [4.69, 9.17) is 16.3 Å². The molecule has 0 aliphatic carbocycles. The SMILES string of the molecule is CNCCCc1c(OC)cc(C)c(Cl)c1C. The lowest BCUT2D eigenvalue weighted by Gasteiger charge is -2.15. The van der Waals surface area contributed by atoms with Gasteiger partial charge in [-0.15, -0.1) is 0 Å². The number of halogens is 1. The Balaban J connectivity index is 3.00. The van der Waals surface area contributed by atoms with Gasteiger partial charge in [0.05, 0.1) is 7.11 Å². The molecule has 0 atom stereocenters. The molecule has 1 N–H and O–H groups in total. The molecule has 1 aromatic rings. The number of hydrogen-bond acceptors (Lipinski definition) is 2. The number of nitrogens with one attached hydrogen (secondary N) is 1. The summed E-state index contributed by atoms with van der Waals surface area (Å²) in [6.07, 6.45) is 2.09. The Bertz CT molecular complexity index is 363. The lowest BCUT2D eigenvalue weighted by atomic mass is 10.00. The summed E-state index contributed by atoms with van der Waals surface area (Å²) in [6.45, 7) is 5.08. The highest BCUT2D eigenvalue weighted by Crippen LogP contribution is 2.32. The van der Waals surface area contributed by atoms with Crippen LogP contribution in [0.4, 0.5) is 0 Å². The molecule has 0 unspecified atom stereocenters. The van der Waals surface area contributed by atoms with E-state index in [0.29, 0.717) is 0 Å². The van der Waals surface area contributed by atoms with Gasteiger partial charge < -0.3 is 10.1 Å². The van der Waals surface area contributed by atoms with Crippen molar-refractivity contribution in [1.29, 1.82) is 0 Å². The number of methoxy groups -OCH3 is 1. The normalized spacial score (nSPS) is 10.6. The zero-order chi connectivity index (χ0) is 12.1. The van der Waals surface area contributed by atoms with E-state index in [1.807, 2.05) is 20.0 Å². The van der Waals surface area contributed by atoms with Crippen LogP contribution in [0.1, 0.15) is 23.1 Å². The Hall–Kier alpha value is -0.730. The van der Waals surface area contributed by atoms with Crippen molar-refractivity contribution < 1.29 is 4.74 Å². The van der Waals surface area contributed by atoms with Crippen LogP contribution >= 0.6 is 11.6 Å². The molecule has 0 aliphatic rings. The van der Waals surface area contributed by atoms with Crippen LogP contribution in [0.2, 0.25) is 5.02 Å². The Morgan fingerprint density at radius 1 is 1.38 bits per heavy atom. The second-order valence-electron chi connectivity index (χ2n) is 4.02. The van der Waals surface area contributed by atoms with Crippen molar-refractivity contribution in [2.75, 3.05) is 20.7 Å². The van der Waals surface area contributed by atoms with Crippen LogP contribution in [0.15, 0.2) is 6.07 Å². The van der Waals surface area contributed by atoms with Gasteiger partial charge in [-0.25, -0.2) is 0 Å². The van der Waals surface area contributed by atoms with Gasteiger partial charge in [-0.1, -0.05) is 11.6 Å². The van der Waals surface area contributed by atoms with E-state index < -0.39 is 0 Å². The minimum Gasteiger partial charge on any atom is -0.496 e. The molecule has 0 aliphatic heterocycles. The van der Waals surface area contributed by atoms with Gasteiger partial charge in [0, 0.05) is 5.02 Å². The van der Waals surface area contributed by atoms with Gasteiger partial charge in [-0.05, 0) is 63.0 Å². The molecule has 0 aromatic heterocycles. The van der Waals surface area contributed by atoms with Gasteiger partial charge in [-0.2, -0.15) is 0 Å². The summed E-state index contributed by atoms with van der Waals surface area (Å²) in [5.74, 6) is 0.954. The molecule has 0 saturated carbocycles. The third-order valence-corrected chi connectivity index (χ3v) is 3.43.